The highest BCUT2D eigenvalue weighted by molar-refractivity contribution is 7.14. The second-order valence-electron chi connectivity index (χ2n) is 4.57. The second-order valence-corrected chi connectivity index (χ2v) is 5.82. The zero-order valence-corrected chi connectivity index (χ0v) is 12.2. The maximum absolute atomic E-state index is 12.0. The van der Waals surface area contributed by atoms with E-state index >= 15 is 0 Å². The Hall–Kier alpha value is -1.36. The van der Waals surface area contributed by atoms with E-state index in [1.54, 1.807) is 0 Å². The molecule has 0 aliphatic heterocycles. The van der Waals surface area contributed by atoms with Crippen LogP contribution in [0.1, 0.15) is 34.0 Å². The van der Waals surface area contributed by atoms with Crippen molar-refractivity contribution >= 4 is 23.2 Å². The minimum atomic E-state index is -0.606. The van der Waals surface area contributed by atoms with E-state index in [0.29, 0.717) is 4.88 Å². The summed E-state index contributed by atoms with van der Waals surface area (Å²) in [7, 11) is 1.32. The van der Waals surface area contributed by atoms with Crippen molar-refractivity contribution in [2.24, 2.45) is 5.92 Å². The van der Waals surface area contributed by atoms with Crippen LogP contribution in [0.2, 0.25) is 0 Å². The number of thiophene rings is 1. The number of hydrogen-bond donors (Lipinski definition) is 1. The predicted octanol–water partition coefficient (Wildman–Crippen LogP) is 2.29. The Labute approximate surface area is 111 Å². The summed E-state index contributed by atoms with van der Waals surface area (Å²) in [5, 5.41) is 2.72. The zero-order valence-electron chi connectivity index (χ0n) is 11.4. The first kappa shape index (κ1) is 14.7. The van der Waals surface area contributed by atoms with Gasteiger partial charge in [0.05, 0.1) is 12.0 Å². The summed E-state index contributed by atoms with van der Waals surface area (Å²) < 4.78 is 4.69. The third kappa shape index (κ3) is 3.32. The number of carbonyl (C=O) groups is 2. The van der Waals surface area contributed by atoms with Gasteiger partial charge in [0.15, 0.2) is 0 Å². The standard InChI is InChI=1S/C13H19NO3S/c1-7(2)11(13(16)17-5)14-12(15)10-6-8(3)9(4)18-10/h6-7,11H,1-5H3,(H,14,15). The van der Waals surface area contributed by atoms with Crippen LogP contribution in [0.15, 0.2) is 6.07 Å². The Morgan fingerprint density at radius 1 is 1.33 bits per heavy atom. The molecule has 0 aliphatic carbocycles. The van der Waals surface area contributed by atoms with Crippen LogP contribution in [0.5, 0.6) is 0 Å². The van der Waals surface area contributed by atoms with Gasteiger partial charge in [0.25, 0.3) is 5.91 Å². The summed E-state index contributed by atoms with van der Waals surface area (Å²) in [6.45, 7) is 7.67. The highest BCUT2D eigenvalue weighted by Crippen LogP contribution is 2.20. The second kappa shape index (κ2) is 6.00. The average molecular weight is 269 g/mol. The minimum Gasteiger partial charge on any atom is -0.467 e. The lowest BCUT2D eigenvalue weighted by Crippen LogP contribution is -2.44. The van der Waals surface area contributed by atoms with Gasteiger partial charge in [0, 0.05) is 4.88 Å². The van der Waals surface area contributed by atoms with Gasteiger partial charge in [-0.15, -0.1) is 11.3 Å². The van der Waals surface area contributed by atoms with Gasteiger partial charge in [-0.25, -0.2) is 4.79 Å². The van der Waals surface area contributed by atoms with E-state index in [9.17, 15) is 9.59 Å². The van der Waals surface area contributed by atoms with Gasteiger partial charge in [-0.2, -0.15) is 0 Å². The number of esters is 1. The molecule has 1 aromatic heterocycles. The molecule has 4 nitrogen and oxygen atoms in total. The molecule has 1 aromatic rings. The van der Waals surface area contributed by atoms with Gasteiger partial charge in [-0.05, 0) is 31.4 Å². The fourth-order valence-electron chi connectivity index (χ4n) is 1.52. The van der Waals surface area contributed by atoms with Crippen LogP contribution in [-0.4, -0.2) is 25.0 Å². The van der Waals surface area contributed by atoms with Crippen LogP contribution in [0.25, 0.3) is 0 Å². The van der Waals surface area contributed by atoms with E-state index in [4.69, 9.17) is 0 Å². The molecule has 0 fully saturated rings. The molecule has 0 radical (unpaired) electrons. The number of amides is 1. The lowest BCUT2D eigenvalue weighted by Gasteiger charge is -2.19. The first-order valence-electron chi connectivity index (χ1n) is 5.82. The molecular formula is C13H19NO3S. The number of carbonyl (C=O) groups excluding carboxylic acids is 2. The van der Waals surface area contributed by atoms with Crippen LogP contribution in [-0.2, 0) is 9.53 Å². The molecule has 0 saturated carbocycles. The van der Waals surface area contributed by atoms with E-state index in [0.717, 1.165) is 10.4 Å². The lowest BCUT2D eigenvalue weighted by molar-refractivity contribution is -0.144. The summed E-state index contributed by atoms with van der Waals surface area (Å²) in [6, 6.07) is 1.23. The molecule has 5 heteroatoms. The summed E-state index contributed by atoms with van der Waals surface area (Å²) >= 11 is 1.43. The smallest absolute Gasteiger partial charge is 0.328 e. The van der Waals surface area contributed by atoms with Crippen molar-refractivity contribution in [1.82, 2.24) is 5.32 Å². The predicted molar refractivity (Wildman–Crippen MR) is 71.9 cm³/mol. The number of ether oxygens (including phenoxy) is 1. The number of nitrogens with one attached hydrogen (secondary N) is 1. The number of hydrogen-bond acceptors (Lipinski definition) is 4. The van der Waals surface area contributed by atoms with E-state index in [1.165, 1.54) is 18.4 Å². The lowest BCUT2D eigenvalue weighted by atomic mass is 10.0. The maximum atomic E-state index is 12.0. The van der Waals surface area contributed by atoms with Crippen LogP contribution < -0.4 is 5.32 Å². The molecule has 0 spiro atoms. The number of rotatable bonds is 4. The fraction of sp³-hybridized carbons (Fsp3) is 0.538. The summed E-state index contributed by atoms with van der Waals surface area (Å²) in [5.41, 5.74) is 1.09. The Kier molecular flexibility index (Phi) is 4.90. The highest BCUT2D eigenvalue weighted by atomic mass is 32.1. The van der Waals surface area contributed by atoms with E-state index in [2.05, 4.69) is 10.1 Å². The van der Waals surface area contributed by atoms with Gasteiger partial charge >= 0.3 is 5.97 Å². The largest absolute Gasteiger partial charge is 0.467 e. The molecule has 0 bridgehead atoms. The summed E-state index contributed by atoms with van der Waals surface area (Å²) in [6.07, 6.45) is 0. The third-order valence-electron chi connectivity index (χ3n) is 2.80. The molecule has 18 heavy (non-hydrogen) atoms. The van der Waals surface area contributed by atoms with Gasteiger partial charge in [0.1, 0.15) is 6.04 Å². The van der Waals surface area contributed by atoms with Crippen LogP contribution in [0.4, 0.5) is 0 Å². The molecule has 0 aromatic carbocycles. The first-order valence-corrected chi connectivity index (χ1v) is 6.64. The highest BCUT2D eigenvalue weighted by Gasteiger charge is 2.25. The van der Waals surface area contributed by atoms with Gasteiger partial charge < -0.3 is 10.1 Å². The van der Waals surface area contributed by atoms with Crippen molar-refractivity contribution in [1.29, 1.82) is 0 Å². The molecule has 0 saturated heterocycles. The third-order valence-corrected chi connectivity index (χ3v) is 3.95. The molecular weight excluding hydrogens is 250 g/mol. The summed E-state index contributed by atoms with van der Waals surface area (Å²) in [5.74, 6) is -0.646. The quantitative estimate of drug-likeness (QED) is 0.853. The molecule has 1 atom stereocenters. The molecule has 1 N–H and O–H groups in total. The van der Waals surface area contributed by atoms with Crippen molar-refractivity contribution < 1.29 is 14.3 Å². The van der Waals surface area contributed by atoms with Crippen molar-refractivity contribution in [2.45, 2.75) is 33.7 Å². The van der Waals surface area contributed by atoms with Crippen molar-refractivity contribution in [3.05, 3.63) is 21.4 Å². The number of methoxy groups -OCH3 is 1. The van der Waals surface area contributed by atoms with Gasteiger partial charge in [-0.1, -0.05) is 13.8 Å². The Bertz CT molecular complexity index is 432. The molecule has 1 unspecified atom stereocenters. The number of aryl methyl sites for hydroxylation is 2. The SMILES string of the molecule is COC(=O)C(NC(=O)c1cc(C)c(C)s1)C(C)C. The van der Waals surface area contributed by atoms with Crippen molar-refractivity contribution in [2.75, 3.05) is 7.11 Å². The zero-order chi connectivity index (χ0) is 13.9. The maximum Gasteiger partial charge on any atom is 0.328 e. The molecule has 0 aliphatic rings. The Morgan fingerprint density at radius 2 is 1.94 bits per heavy atom. The van der Waals surface area contributed by atoms with E-state index < -0.39 is 12.0 Å². The van der Waals surface area contributed by atoms with E-state index in [-0.39, 0.29) is 11.8 Å². The van der Waals surface area contributed by atoms with Gasteiger partial charge in [-0.3, -0.25) is 4.79 Å². The Morgan fingerprint density at radius 3 is 2.33 bits per heavy atom. The van der Waals surface area contributed by atoms with Crippen molar-refractivity contribution in [3.63, 3.8) is 0 Å². The van der Waals surface area contributed by atoms with Crippen LogP contribution in [0, 0.1) is 19.8 Å². The monoisotopic (exact) mass is 269 g/mol. The normalized spacial score (nSPS) is 12.3. The molecule has 1 heterocycles. The Balaban J connectivity index is 2.81. The van der Waals surface area contributed by atoms with Crippen LogP contribution >= 0.6 is 11.3 Å². The molecule has 1 rings (SSSR count). The van der Waals surface area contributed by atoms with Crippen molar-refractivity contribution in [3.8, 4) is 0 Å². The first-order chi connectivity index (χ1) is 8.36. The molecule has 1 amide bonds. The summed E-state index contributed by atoms with van der Waals surface area (Å²) in [4.78, 5) is 25.3. The van der Waals surface area contributed by atoms with Crippen LogP contribution in [0.3, 0.4) is 0 Å². The average Bonchev–Trinajstić information content (AvgIpc) is 2.65. The van der Waals surface area contributed by atoms with E-state index in [1.807, 2.05) is 33.8 Å². The van der Waals surface area contributed by atoms with Gasteiger partial charge in [0.2, 0.25) is 0 Å². The minimum absolute atomic E-state index is 0.0106. The fourth-order valence-corrected chi connectivity index (χ4v) is 2.46. The topological polar surface area (TPSA) is 55.4 Å². The molecule has 100 valence electrons.